The van der Waals surface area contributed by atoms with Gasteiger partial charge in [0.15, 0.2) is 0 Å². The van der Waals surface area contributed by atoms with Gasteiger partial charge in [0.1, 0.15) is 5.82 Å². The third-order valence-electron chi connectivity index (χ3n) is 2.22. The Morgan fingerprint density at radius 3 is 2.61 bits per heavy atom. The predicted molar refractivity (Wildman–Crippen MR) is 70.8 cm³/mol. The molecule has 0 atom stereocenters. The summed E-state index contributed by atoms with van der Waals surface area (Å²) in [5.74, 6) is 0.782. The first-order valence-corrected chi connectivity index (χ1v) is 7.23. The number of sulfonamides is 1. The molecule has 18 heavy (non-hydrogen) atoms. The summed E-state index contributed by atoms with van der Waals surface area (Å²) in [6.45, 7) is 0.495. The van der Waals surface area contributed by atoms with Gasteiger partial charge < -0.3 is 10.3 Å². The Morgan fingerprint density at radius 2 is 2.00 bits per heavy atom. The molecule has 0 aliphatic heterocycles. The van der Waals surface area contributed by atoms with Crippen molar-refractivity contribution in [1.29, 1.82) is 0 Å². The second kappa shape index (κ2) is 5.09. The van der Waals surface area contributed by atoms with Crippen LogP contribution in [-0.2, 0) is 16.6 Å². The molecule has 1 aromatic carbocycles. The quantitative estimate of drug-likeness (QED) is 0.763. The fraction of sp³-hybridized carbons (Fsp3) is 0.182. The molecule has 0 fully saturated rings. The molecule has 2 aromatic rings. The number of imidazole rings is 1. The predicted octanol–water partition coefficient (Wildman–Crippen LogP) is 1.39. The highest BCUT2D eigenvalue weighted by Crippen LogP contribution is 2.22. The average molecular weight is 266 g/mol. The molecule has 96 valence electrons. The van der Waals surface area contributed by atoms with Crippen LogP contribution in [0.25, 0.3) is 0 Å². The van der Waals surface area contributed by atoms with Gasteiger partial charge in [-0.05, 0) is 12.1 Å². The number of H-pyrrole nitrogens is 1. The van der Waals surface area contributed by atoms with E-state index in [1.165, 1.54) is 0 Å². The Balaban J connectivity index is 2.12. The SMILES string of the molecule is CS(=O)(=O)Nc1ccccc1NCc1ncc[nH]1. The summed E-state index contributed by atoms with van der Waals surface area (Å²) in [6.07, 6.45) is 4.52. The summed E-state index contributed by atoms with van der Waals surface area (Å²) in [7, 11) is -3.29. The molecule has 0 spiro atoms. The molecule has 2 rings (SSSR count). The first-order chi connectivity index (χ1) is 8.54. The lowest BCUT2D eigenvalue weighted by atomic mass is 10.3. The number of hydrogen-bond donors (Lipinski definition) is 3. The number of hydrogen-bond acceptors (Lipinski definition) is 4. The van der Waals surface area contributed by atoms with Crippen LogP contribution in [0.4, 0.5) is 11.4 Å². The molecule has 0 amide bonds. The number of nitrogens with zero attached hydrogens (tertiary/aromatic N) is 1. The molecule has 0 bridgehead atoms. The highest BCUT2D eigenvalue weighted by atomic mass is 32.2. The van der Waals surface area contributed by atoms with E-state index in [2.05, 4.69) is 20.0 Å². The van der Waals surface area contributed by atoms with Crippen molar-refractivity contribution in [1.82, 2.24) is 9.97 Å². The van der Waals surface area contributed by atoms with Crippen LogP contribution in [-0.4, -0.2) is 24.6 Å². The van der Waals surface area contributed by atoms with Crippen LogP contribution >= 0.6 is 0 Å². The van der Waals surface area contributed by atoms with E-state index >= 15 is 0 Å². The third kappa shape index (κ3) is 3.49. The highest BCUT2D eigenvalue weighted by Gasteiger charge is 2.06. The van der Waals surface area contributed by atoms with Crippen LogP contribution < -0.4 is 10.0 Å². The molecule has 6 nitrogen and oxygen atoms in total. The van der Waals surface area contributed by atoms with Crippen LogP contribution in [0.5, 0.6) is 0 Å². The lowest BCUT2D eigenvalue weighted by molar-refractivity contribution is 0.607. The molecule has 1 aromatic heterocycles. The van der Waals surface area contributed by atoms with E-state index in [-0.39, 0.29) is 0 Å². The number of rotatable bonds is 5. The van der Waals surface area contributed by atoms with Crippen molar-refractivity contribution in [3.8, 4) is 0 Å². The monoisotopic (exact) mass is 266 g/mol. The topological polar surface area (TPSA) is 86.9 Å². The van der Waals surface area contributed by atoms with Gasteiger partial charge in [-0.25, -0.2) is 13.4 Å². The van der Waals surface area contributed by atoms with Crippen LogP contribution in [0.15, 0.2) is 36.7 Å². The summed E-state index contributed by atoms with van der Waals surface area (Å²) < 4.78 is 24.9. The van der Waals surface area contributed by atoms with Crippen LogP contribution in [0.1, 0.15) is 5.82 Å². The van der Waals surface area contributed by atoms with Crippen molar-refractivity contribution in [2.75, 3.05) is 16.3 Å². The van der Waals surface area contributed by atoms with E-state index in [1.54, 1.807) is 30.6 Å². The maximum atomic E-state index is 11.2. The minimum atomic E-state index is -3.29. The van der Waals surface area contributed by atoms with Gasteiger partial charge in [-0.15, -0.1) is 0 Å². The third-order valence-corrected chi connectivity index (χ3v) is 2.81. The normalized spacial score (nSPS) is 11.2. The Labute approximate surface area is 106 Å². The average Bonchev–Trinajstić information content (AvgIpc) is 2.79. The first-order valence-electron chi connectivity index (χ1n) is 5.33. The van der Waals surface area contributed by atoms with Crippen molar-refractivity contribution in [2.24, 2.45) is 0 Å². The summed E-state index contributed by atoms with van der Waals surface area (Å²) in [5, 5.41) is 3.12. The second-order valence-electron chi connectivity index (χ2n) is 3.81. The number of nitrogens with one attached hydrogen (secondary N) is 3. The standard InChI is InChI=1S/C11H14N4O2S/c1-18(16,17)15-10-5-3-2-4-9(10)14-8-11-12-6-7-13-11/h2-7,14-15H,8H2,1H3,(H,12,13). The van der Waals surface area contributed by atoms with Crippen molar-refractivity contribution in [3.63, 3.8) is 0 Å². The fourth-order valence-electron chi connectivity index (χ4n) is 1.50. The molecule has 1 heterocycles. The number of aromatic nitrogens is 2. The second-order valence-corrected chi connectivity index (χ2v) is 5.56. The molecule has 0 radical (unpaired) electrons. The zero-order valence-corrected chi connectivity index (χ0v) is 10.7. The lowest BCUT2D eigenvalue weighted by Crippen LogP contribution is -2.12. The zero-order chi connectivity index (χ0) is 13.0. The Kier molecular flexibility index (Phi) is 3.52. The van der Waals surface area contributed by atoms with Gasteiger partial charge >= 0.3 is 0 Å². The minimum Gasteiger partial charge on any atom is -0.376 e. The number of anilines is 2. The largest absolute Gasteiger partial charge is 0.376 e. The van der Waals surface area contributed by atoms with Gasteiger partial charge in [0, 0.05) is 12.4 Å². The Bertz CT molecular complexity index is 608. The fourth-order valence-corrected chi connectivity index (χ4v) is 2.08. The van der Waals surface area contributed by atoms with Gasteiger partial charge in [-0.1, -0.05) is 12.1 Å². The molecule has 7 heteroatoms. The Hall–Kier alpha value is -2.02. The maximum Gasteiger partial charge on any atom is 0.229 e. The molecule has 0 saturated carbocycles. The van der Waals surface area contributed by atoms with Gasteiger partial charge in [0.2, 0.25) is 10.0 Å². The summed E-state index contributed by atoms with van der Waals surface area (Å²) >= 11 is 0. The zero-order valence-electron chi connectivity index (χ0n) is 9.84. The Morgan fingerprint density at radius 1 is 1.28 bits per heavy atom. The first kappa shape index (κ1) is 12.4. The summed E-state index contributed by atoms with van der Waals surface area (Å²) in [4.78, 5) is 7.04. The lowest BCUT2D eigenvalue weighted by Gasteiger charge is -2.11. The molecule has 0 saturated heterocycles. The van der Waals surface area contributed by atoms with Gasteiger partial charge in [0.25, 0.3) is 0 Å². The molecule has 0 aliphatic carbocycles. The van der Waals surface area contributed by atoms with E-state index in [1.807, 2.05) is 6.07 Å². The van der Waals surface area contributed by atoms with Crippen LogP contribution in [0, 0.1) is 0 Å². The molecular formula is C11H14N4O2S. The van der Waals surface area contributed by atoms with Gasteiger partial charge in [0.05, 0.1) is 24.2 Å². The van der Waals surface area contributed by atoms with Gasteiger partial charge in [-0.2, -0.15) is 0 Å². The molecule has 0 aliphatic rings. The van der Waals surface area contributed by atoms with Crippen molar-refractivity contribution < 1.29 is 8.42 Å². The minimum absolute atomic E-state index is 0.495. The summed E-state index contributed by atoms with van der Waals surface area (Å²) in [6, 6.07) is 7.10. The van der Waals surface area contributed by atoms with Crippen molar-refractivity contribution >= 4 is 21.4 Å². The van der Waals surface area contributed by atoms with Crippen LogP contribution in [0.2, 0.25) is 0 Å². The van der Waals surface area contributed by atoms with E-state index < -0.39 is 10.0 Å². The van der Waals surface area contributed by atoms with E-state index in [9.17, 15) is 8.42 Å². The maximum absolute atomic E-state index is 11.2. The number of aromatic amines is 1. The van der Waals surface area contributed by atoms with E-state index in [4.69, 9.17) is 0 Å². The molecule has 0 unspecified atom stereocenters. The van der Waals surface area contributed by atoms with Crippen LogP contribution in [0.3, 0.4) is 0 Å². The number of para-hydroxylation sites is 2. The molecular weight excluding hydrogens is 252 g/mol. The van der Waals surface area contributed by atoms with Crippen molar-refractivity contribution in [2.45, 2.75) is 6.54 Å². The van der Waals surface area contributed by atoms with E-state index in [0.29, 0.717) is 17.9 Å². The number of benzene rings is 1. The van der Waals surface area contributed by atoms with Gasteiger partial charge in [-0.3, -0.25) is 4.72 Å². The summed E-state index contributed by atoms with van der Waals surface area (Å²) in [5.41, 5.74) is 1.23. The van der Waals surface area contributed by atoms with Crippen molar-refractivity contribution in [3.05, 3.63) is 42.5 Å². The smallest absolute Gasteiger partial charge is 0.229 e. The van der Waals surface area contributed by atoms with E-state index in [0.717, 1.165) is 12.1 Å². The molecule has 3 N–H and O–H groups in total. The highest BCUT2D eigenvalue weighted by molar-refractivity contribution is 7.92.